The molecule has 1 aliphatic rings. The van der Waals surface area contributed by atoms with Gasteiger partial charge < -0.3 is 5.11 Å². The van der Waals surface area contributed by atoms with Crippen LogP contribution in [0.25, 0.3) is 0 Å². The number of carbonyl (C=O) groups is 1. The smallest absolute Gasteiger partial charge is 0.326 e. The highest BCUT2D eigenvalue weighted by Crippen LogP contribution is 2.64. The molecule has 0 heterocycles. The van der Waals surface area contributed by atoms with Crippen molar-refractivity contribution in [1.82, 2.24) is 0 Å². The lowest BCUT2D eigenvalue weighted by Gasteiger charge is -2.05. The molecule has 0 aliphatic heterocycles. The van der Waals surface area contributed by atoms with E-state index in [9.17, 15) is 23.6 Å². The number of aliphatic carboxylic acids is 1. The van der Waals surface area contributed by atoms with Gasteiger partial charge in [0.2, 0.25) is 0 Å². The number of nitrogens with zero attached hydrogens (tertiary/aromatic N) is 1. The Kier molecular flexibility index (Phi) is 4.21. The summed E-state index contributed by atoms with van der Waals surface area (Å²) in [7, 11) is -3.97. The van der Waals surface area contributed by atoms with Gasteiger partial charge in [-0.15, -0.1) is 0 Å². The Balaban J connectivity index is 2.12. The number of halogens is 1. The van der Waals surface area contributed by atoms with Gasteiger partial charge in [-0.3, -0.25) is 4.79 Å². The number of carboxylic acid groups (broad SMARTS) is 1. The number of sulfone groups is 1. The van der Waals surface area contributed by atoms with E-state index in [1.165, 1.54) is 12.1 Å². The van der Waals surface area contributed by atoms with Gasteiger partial charge in [0.15, 0.2) is 15.3 Å². The summed E-state index contributed by atoms with van der Waals surface area (Å²) in [6.07, 6.45) is 0. The summed E-state index contributed by atoms with van der Waals surface area (Å²) in [5.74, 6) is -2.32. The minimum atomic E-state index is -3.97. The second kappa shape index (κ2) is 5.97. The van der Waals surface area contributed by atoms with Crippen LogP contribution in [0.2, 0.25) is 0 Å². The molecular weight excluding hydrogens is 406 g/mol. The molecule has 0 saturated heterocycles. The van der Waals surface area contributed by atoms with Crippen molar-refractivity contribution in [2.24, 2.45) is 5.41 Å². The third-order valence-corrected chi connectivity index (χ3v) is 7.36. The van der Waals surface area contributed by atoms with E-state index in [0.717, 1.165) is 10.0 Å². The molecule has 0 bridgehead atoms. The maximum Gasteiger partial charge on any atom is 0.326 e. The number of hydrogen-bond donors (Lipinski definition) is 1. The van der Waals surface area contributed by atoms with E-state index in [4.69, 9.17) is 0 Å². The van der Waals surface area contributed by atoms with Crippen LogP contribution in [0.1, 0.15) is 17.0 Å². The first-order valence-corrected chi connectivity index (χ1v) is 9.79. The third kappa shape index (κ3) is 2.66. The maximum absolute atomic E-state index is 13.0. The van der Waals surface area contributed by atoms with Crippen LogP contribution in [0, 0.1) is 23.7 Å². The van der Waals surface area contributed by atoms with Crippen LogP contribution in [0.5, 0.6) is 0 Å². The highest BCUT2D eigenvalue weighted by Gasteiger charge is 2.77. The SMILES string of the molecule is Cc1ccc(S(=O)(=O)[C@H]2[C@@H](c3ccc(Br)cc3)[C@@]2(C#N)C(=O)O)cc1. The zero-order chi connectivity index (χ0) is 18.4. The summed E-state index contributed by atoms with van der Waals surface area (Å²) in [6, 6.07) is 14.7. The van der Waals surface area contributed by atoms with Crippen molar-refractivity contribution in [3.8, 4) is 6.07 Å². The van der Waals surface area contributed by atoms with E-state index in [1.807, 2.05) is 6.92 Å². The monoisotopic (exact) mass is 419 g/mol. The first-order chi connectivity index (χ1) is 11.7. The van der Waals surface area contributed by atoms with Crippen molar-refractivity contribution >= 4 is 31.7 Å². The predicted molar refractivity (Wildman–Crippen MR) is 94.7 cm³/mol. The highest BCUT2D eigenvalue weighted by atomic mass is 79.9. The van der Waals surface area contributed by atoms with E-state index in [-0.39, 0.29) is 4.90 Å². The summed E-state index contributed by atoms with van der Waals surface area (Å²) in [5, 5.41) is 17.8. The lowest BCUT2D eigenvalue weighted by atomic mass is 10.0. The standard InChI is InChI=1S/C18H14BrNO4S/c1-11-2-8-14(9-3-11)25(23,24)16-15(18(16,10-20)17(21)22)12-4-6-13(19)7-5-12/h2-9,15-16H,1H3,(H,21,22)/t15-,16+,18-/m1/s1. The van der Waals surface area contributed by atoms with Gasteiger partial charge in [0, 0.05) is 10.4 Å². The van der Waals surface area contributed by atoms with E-state index in [0.29, 0.717) is 5.56 Å². The van der Waals surface area contributed by atoms with Gasteiger partial charge in [-0.2, -0.15) is 5.26 Å². The molecule has 0 aromatic heterocycles. The minimum absolute atomic E-state index is 0.0311. The summed E-state index contributed by atoms with van der Waals surface area (Å²) >= 11 is 3.29. The number of rotatable bonds is 4. The molecule has 0 amide bonds. The van der Waals surface area contributed by atoms with Gasteiger partial charge in [0.1, 0.15) is 5.25 Å². The van der Waals surface area contributed by atoms with Gasteiger partial charge in [0.05, 0.1) is 11.0 Å². The first-order valence-electron chi connectivity index (χ1n) is 7.46. The molecule has 1 aliphatic carbocycles. The molecule has 1 fully saturated rings. The number of hydrogen-bond acceptors (Lipinski definition) is 4. The van der Waals surface area contributed by atoms with Gasteiger partial charge in [0.25, 0.3) is 0 Å². The molecule has 25 heavy (non-hydrogen) atoms. The number of benzene rings is 2. The van der Waals surface area contributed by atoms with Crippen molar-refractivity contribution in [2.45, 2.75) is 23.0 Å². The molecule has 1 N–H and O–H groups in total. The van der Waals surface area contributed by atoms with Crippen LogP contribution in [0.3, 0.4) is 0 Å². The zero-order valence-corrected chi connectivity index (χ0v) is 15.6. The normalized spacial score (nSPS) is 25.2. The predicted octanol–water partition coefficient (Wildman–Crippen LogP) is 3.29. The first kappa shape index (κ1) is 17.6. The molecule has 128 valence electrons. The van der Waals surface area contributed by atoms with E-state index >= 15 is 0 Å². The highest BCUT2D eigenvalue weighted by molar-refractivity contribution is 9.10. The Bertz CT molecular complexity index is 977. The van der Waals surface area contributed by atoms with Gasteiger partial charge in [-0.05, 0) is 36.8 Å². The minimum Gasteiger partial charge on any atom is -0.480 e. The fourth-order valence-corrected chi connectivity index (χ4v) is 5.71. The lowest BCUT2D eigenvalue weighted by Crippen LogP contribution is -2.22. The molecule has 0 spiro atoms. The van der Waals surface area contributed by atoms with Gasteiger partial charge >= 0.3 is 5.97 Å². The van der Waals surface area contributed by atoms with Gasteiger partial charge in [-0.1, -0.05) is 45.8 Å². The van der Waals surface area contributed by atoms with E-state index in [2.05, 4.69) is 15.9 Å². The van der Waals surface area contributed by atoms with E-state index in [1.54, 1.807) is 42.5 Å². The molecule has 3 atom stereocenters. The molecule has 5 nitrogen and oxygen atoms in total. The number of nitriles is 1. The van der Waals surface area contributed by atoms with E-state index < -0.39 is 32.4 Å². The maximum atomic E-state index is 13.0. The molecule has 1 saturated carbocycles. The summed E-state index contributed by atoms with van der Waals surface area (Å²) in [6.45, 7) is 1.83. The van der Waals surface area contributed by atoms with Crippen molar-refractivity contribution in [3.05, 3.63) is 64.1 Å². The Morgan fingerprint density at radius 2 is 1.72 bits per heavy atom. The number of carboxylic acids is 1. The van der Waals surface area contributed by atoms with Crippen LogP contribution in [-0.4, -0.2) is 24.7 Å². The van der Waals surface area contributed by atoms with Crippen LogP contribution < -0.4 is 0 Å². The van der Waals surface area contributed by atoms with Crippen molar-refractivity contribution in [1.29, 1.82) is 5.26 Å². The number of aryl methyl sites for hydroxylation is 1. The topological polar surface area (TPSA) is 95.2 Å². The zero-order valence-electron chi connectivity index (χ0n) is 13.2. The Morgan fingerprint density at radius 3 is 2.20 bits per heavy atom. The van der Waals surface area contributed by atoms with Crippen LogP contribution in [0.4, 0.5) is 0 Å². The fraction of sp³-hybridized carbons (Fsp3) is 0.222. The summed E-state index contributed by atoms with van der Waals surface area (Å²) < 4.78 is 26.8. The summed E-state index contributed by atoms with van der Waals surface area (Å²) in [4.78, 5) is 11.8. The second-order valence-electron chi connectivity index (χ2n) is 6.09. The fourth-order valence-electron chi connectivity index (χ4n) is 3.20. The van der Waals surface area contributed by atoms with Crippen molar-refractivity contribution < 1.29 is 18.3 Å². The average Bonchev–Trinajstić information content (AvgIpc) is 3.27. The molecule has 3 rings (SSSR count). The Morgan fingerprint density at radius 1 is 1.16 bits per heavy atom. The quantitative estimate of drug-likeness (QED) is 0.819. The molecule has 0 unspecified atom stereocenters. The lowest BCUT2D eigenvalue weighted by molar-refractivity contribution is -0.141. The molecule has 2 aromatic rings. The summed E-state index contributed by atoms with van der Waals surface area (Å²) in [5.41, 5.74) is -0.561. The third-order valence-electron chi connectivity index (χ3n) is 4.58. The van der Waals surface area contributed by atoms with Crippen molar-refractivity contribution in [2.75, 3.05) is 0 Å². The Labute approximate surface area is 154 Å². The van der Waals surface area contributed by atoms with Crippen molar-refractivity contribution in [3.63, 3.8) is 0 Å². The molecule has 2 aromatic carbocycles. The van der Waals surface area contributed by atoms with Crippen LogP contribution >= 0.6 is 15.9 Å². The molecular formula is C18H14BrNO4S. The Hall–Kier alpha value is -2.17. The van der Waals surface area contributed by atoms with Crippen LogP contribution in [-0.2, 0) is 14.6 Å². The largest absolute Gasteiger partial charge is 0.480 e. The van der Waals surface area contributed by atoms with Crippen LogP contribution in [0.15, 0.2) is 57.9 Å². The molecule has 0 radical (unpaired) electrons. The van der Waals surface area contributed by atoms with Gasteiger partial charge in [-0.25, -0.2) is 8.42 Å². The molecule has 7 heteroatoms. The average molecular weight is 420 g/mol. The second-order valence-corrected chi connectivity index (χ2v) is 9.08.